The number of carbonyl (C=O) groups is 2. The van der Waals surface area contributed by atoms with Gasteiger partial charge in [0, 0.05) is 44.8 Å². The lowest BCUT2D eigenvalue weighted by molar-refractivity contribution is -0.124. The average molecular weight is 567 g/mol. The first-order valence-corrected chi connectivity index (χ1v) is 15.0. The molecule has 10 heteroatoms. The monoisotopic (exact) mass is 566 g/mol. The fourth-order valence-corrected chi connectivity index (χ4v) is 7.03. The number of hydrogen-bond acceptors (Lipinski definition) is 8. The lowest BCUT2D eigenvalue weighted by Crippen LogP contribution is -2.60. The molecular weight excluding hydrogens is 528 g/mol. The van der Waals surface area contributed by atoms with Crippen LogP contribution in [0.1, 0.15) is 49.9 Å². The van der Waals surface area contributed by atoms with Crippen LogP contribution in [0.25, 0.3) is 0 Å². The van der Waals surface area contributed by atoms with E-state index in [-0.39, 0.29) is 18.2 Å². The largest absolute Gasteiger partial charge is 0.337 e. The molecule has 42 heavy (non-hydrogen) atoms. The third-order valence-electron chi connectivity index (χ3n) is 9.34. The van der Waals surface area contributed by atoms with Crippen LogP contribution in [0.3, 0.4) is 0 Å². The van der Waals surface area contributed by atoms with E-state index < -0.39 is 5.41 Å². The maximum Gasteiger partial charge on any atom is 0.250 e. The molecule has 0 radical (unpaired) electrons. The number of fused-ring (bicyclic) bond motifs is 3. The van der Waals surface area contributed by atoms with Gasteiger partial charge in [0.1, 0.15) is 5.69 Å². The Morgan fingerprint density at radius 1 is 1.24 bits per heavy atom. The summed E-state index contributed by atoms with van der Waals surface area (Å²) in [5.74, 6) is 1.000. The number of likely N-dealkylation sites (N-methyl/N-ethyl adjacent to an activating group) is 1. The van der Waals surface area contributed by atoms with Crippen LogP contribution in [0.4, 0.5) is 17.5 Å². The van der Waals surface area contributed by atoms with Crippen molar-refractivity contribution in [2.24, 2.45) is 0 Å². The summed E-state index contributed by atoms with van der Waals surface area (Å²) in [7, 11) is 0. The van der Waals surface area contributed by atoms with Crippen molar-refractivity contribution in [3.63, 3.8) is 0 Å². The van der Waals surface area contributed by atoms with Gasteiger partial charge in [0.05, 0.1) is 29.3 Å². The van der Waals surface area contributed by atoms with Crippen LogP contribution >= 0.6 is 0 Å². The van der Waals surface area contributed by atoms with E-state index in [2.05, 4.69) is 53.7 Å². The minimum atomic E-state index is -0.666. The first-order chi connectivity index (χ1) is 20.4. The van der Waals surface area contributed by atoms with Crippen LogP contribution in [-0.2, 0) is 27.8 Å². The Bertz CT molecular complexity index is 1490. The molecule has 1 fully saturated rings. The van der Waals surface area contributed by atoms with Gasteiger partial charge in [0.15, 0.2) is 5.82 Å². The minimum absolute atomic E-state index is 0.0213. The summed E-state index contributed by atoms with van der Waals surface area (Å²) in [6.45, 7) is 12.5. The van der Waals surface area contributed by atoms with E-state index in [1.54, 1.807) is 4.90 Å². The van der Waals surface area contributed by atoms with E-state index in [4.69, 9.17) is 9.97 Å². The topological polar surface area (TPSA) is 109 Å². The number of nitriles is 1. The Kier molecular flexibility index (Phi) is 7.45. The minimum Gasteiger partial charge on any atom is -0.337 e. The van der Waals surface area contributed by atoms with Crippen molar-refractivity contribution < 1.29 is 9.59 Å². The van der Waals surface area contributed by atoms with E-state index in [1.807, 2.05) is 23.2 Å². The van der Waals surface area contributed by atoms with Gasteiger partial charge in [0.25, 0.3) is 0 Å². The molecule has 10 nitrogen and oxygen atoms in total. The third-order valence-corrected chi connectivity index (χ3v) is 9.34. The fraction of sp³-hybridized carbons (Fsp3) is 0.469. The summed E-state index contributed by atoms with van der Waals surface area (Å²) < 4.78 is 0. The number of amides is 2. The van der Waals surface area contributed by atoms with Gasteiger partial charge in [-0.15, -0.1) is 0 Å². The van der Waals surface area contributed by atoms with Crippen molar-refractivity contribution in [2.45, 2.75) is 57.4 Å². The second-order valence-corrected chi connectivity index (χ2v) is 11.5. The van der Waals surface area contributed by atoms with Crippen LogP contribution < -0.4 is 15.1 Å². The smallest absolute Gasteiger partial charge is 0.250 e. The molecule has 2 aromatic rings. The SMILES string of the molecule is C=CC(=O)N1CCN(c2nc(N3CC(N(CC)CC)C3)nc3c2NC(=O)C2(CCCc4ccccc42)C3)C=C1CC#N. The summed E-state index contributed by atoms with van der Waals surface area (Å²) in [5.41, 5.74) is 3.69. The highest BCUT2D eigenvalue weighted by Gasteiger charge is 2.48. The Morgan fingerprint density at radius 3 is 2.76 bits per heavy atom. The first-order valence-electron chi connectivity index (χ1n) is 15.0. The van der Waals surface area contributed by atoms with Crippen molar-refractivity contribution in [3.05, 3.63) is 65.6 Å². The van der Waals surface area contributed by atoms with Crippen LogP contribution in [0, 0.1) is 11.3 Å². The van der Waals surface area contributed by atoms with Crippen molar-refractivity contribution in [2.75, 3.05) is 54.4 Å². The molecule has 1 aromatic heterocycles. The zero-order valence-electron chi connectivity index (χ0n) is 24.5. The van der Waals surface area contributed by atoms with Crippen LogP contribution in [0.5, 0.6) is 0 Å². The quantitative estimate of drug-likeness (QED) is 0.509. The lowest BCUT2D eigenvalue weighted by atomic mass is 9.65. The molecule has 3 aliphatic heterocycles. The zero-order valence-corrected chi connectivity index (χ0v) is 24.5. The predicted molar refractivity (Wildman–Crippen MR) is 162 cm³/mol. The van der Waals surface area contributed by atoms with E-state index in [0.29, 0.717) is 48.7 Å². The van der Waals surface area contributed by atoms with E-state index in [9.17, 15) is 14.9 Å². The average Bonchev–Trinajstić information content (AvgIpc) is 2.99. The molecule has 1 aliphatic carbocycles. The maximum atomic E-state index is 14.0. The van der Waals surface area contributed by atoms with E-state index in [1.165, 1.54) is 11.6 Å². The number of aryl methyl sites for hydroxylation is 1. The molecule has 4 aliphatic rings. The number of carbonyl (C=O) groups excluding carboxylic acids is 2. The molecule has 1 saturated heterocycles. The maximum absolute atomic E-state index is 14.0. The van der Waals surface area contributed by atoms with Gasteiger partial charge in [-0.25, -0.2) is 4.98 Å². The van der Waals surface area contributed by atoms with E-state index in [0.717, 1.165) is 56.7 Å². The molecule has 1 atom stereocenters. The van der Waals surface area contributed by atoms with E-state index >= 15 is 0 Å². The highest BCUT2D eigenvalue weighted by atomic mass is 16.2. The molecule has 0 bridgehead atoms. The number of anilines is 3. The molecule has 1 aromatic carbocycles. The Morgan fingerprint density at radius 2 is 2.02 bits per heavy atom. The van der Waals surface area contributed by atoms with Gasteiger partial charge in [-0.1, -0.05) is 44.7 Å². The number of rotatable bonds is 7. The highest BCUT2D eigenvalue weighted by molar-refractivity contribution is 6.04. The summed E-state index contributed by atoms with van der Waals surface area (Å²) in [6, 6.07) is 10.9. The van der Waals surface area contributed by atoms with Gasteiger partial charge in [0.2, 0.25) is 17.8 Å². The molecule has 1 unspecified atom stereocenters. The second kappa shape index (κ2) is 11.2. The Balaban J connectivity index is 1.43. The second-order valence-electron chi connectivity index (χ2n) is 11.5. The molecule has 218 valence electrons. The van der Waals surface area contributed by atoms with Gasteiger partial charge >= 0.3 is 0 Å². The fourth-order valence-electron chi connectivity index (χ4n) is 7.03. The molecule has 0 saturated carbocycles. The van der Waals surface area contributed by atoms with Gasteiger partial charge in [-0.2, -0.15) is 10.2 Å². The normalized spacial score (nSPS) is 21.7. The molecular formula is C32H38N8O2. The van der Waals surface area contributed by atoms with Gasteiger partial charge in [-0.05, 0) is 49.6 Å². The predicted octanol–water partition coefficient (Wildman–Crippen LogP) is 3.37. The highest BCUT2D eigenvalue weighted by Crippen LogP contribution is 2.47. The van der Waals surface area contributed by atoms with Crippen LogP contribution in [-0.4, -0.2) is 76.9 Å². The molecule has 2 amide bonds. The van der Waals surface area contributed by atoms with Crippen molar-refractivity contribution >= 4 is 29.3 Å². The Labute approximate surface area is 247 Å². The number of allylic oxidation sites excluding steroid dienone is 1. The summed E-state index contributed by atoms with van der Waals surface area (Å²) >= 11 is 0. The van der Waals surface area contributed by atoms with Crippen molar-refractivity contribution in [1.82, 2.24) is 19.8 Å². The number of benzene rings is 1. The van der Waals surface area contributed by atoms with Crippen molar-refractivity contribution in [3.8, 4) is 6.07 Å². The van der Waals surface area contributed by atoms with Crippen LogP contribution in [0.2, 0.25) is 0 Å². The number of hydrogen-bond donors (Lipinski definition) is 1. The zero-order chi connectivity index (χ0) is 29.4. The number of nitrogens with zero attached hydrogens (tertiary/aromatic N) is 7. The lowest BCUT2D eigenvalue weighted by Gasteiger charge is -2.46. The number of aromatic nitrogens is 2. The molecule has 6 rings (SSSR count). The summed E-state index contributed by atoms with van der Waals surface area (Å²) in [6.07, 6.45) is 6.34. The molecule has 4 heterocycles. The Hall–Kier alpha value is -4.23. The summed E-state index contributed by atoms with van der Waals surface area (Å²) in [5, 5.41) is 12.7. The van der Waals surface area contributed by atoms with Gasteiger partial charge in [-0.3, -0.25) is 14.5 Å². The van der Waals surface area contributed by atoms with Crippen LogP contribution in [0.15, 0.2) is 48.8 Å². The standard InChI is InChI=1S/C32H38N8O2/c1-4-27(41)40-17-16-38(19-23(40)13-15-33)29-28-26(34-31(36-29)39-20-24(21-39)37(5-2)6-3)18-32(30(42)35-28)14-9-11-22-10-7-8-12-25(22)32/h4,7-8,10,12,19,24H,1,5-6,9,11,13-14,16-18,20-21H2,2-3H3,(H,35,42). The molecule has 1 N–H and O–H groups in total. The number of nitrogens with one attached hydrogen (secondary N) is 1. The van der Waals surface area contributed by atoms with Gasteiger partial charge < -0.3 is 20.0 Å². The first kappa shape index (κ1) is 27.9. The van der Waals surface area contributed by atoms with Crippen molar-refractivity contribution in [1.29, 1.82) is 5.26 Å². The summed E-state index contributed by atoms with van der Waals surface area (Å²) in [4.78, 5) is 44.9. The third kappa shape index (κ3) is 4.62. The molecule has 1 spiro atoms.